The monoisotopic (exact) mass is 364 g/mol. The molecule has 3 rings (SSSR count). The number of aliphatic hydroxyl groups is 1. The van der Waals surface area contributed by atoms with Gasteiger partial charge in [0, 0.05) is 39.9 Å². The average Bonchev–Trinajstić information content (AvgIpc) is 3.10. The van der Waals surface area contributed by atoms with E-state index in [9.17, 15) is 13.5 Å². The summed E-state index contributed by atoms with van der Waals surface area (Å²) in [5, 5.41) is 10.9. The Balaban J connectivity index is 1.68. The number of aromatic nitrogens is 2. The minimum Gasteiger partial charge on any atom is -0.383 e. The van der Waals surface area contributed by atoms with Gasteiger partial charge in [-0.3, -0.25) is 4.90 Å². The van der Waals surface area contributed by atoms with Crippen molar-refractivity contribution in [1.82, 2.24) is 18.2 Å². The molecule has 0 saturated carbocycles. The summed E-state index contributed by atoms with van der Waals surface area (Å²) in [4.78, 5) is 6.45. The van der Waals surface area contributed by atoms with Crippen molar-refractivity contribution >= 4 is 10.2 Å². The highest BCUT2D eigenvalue weighted by Crippen LogP contribution is 2.32. The Hall–Kier alpha value is -1.74. The Labute approximate surface area is 148 Å². The number of rotatable bonds is 5. The lowest BCUT2D eigenvalue weighted by Crippen LogP contribution is -2.42. The molecule has 0 radical (unpaired) electrons. The molecule has 1 aliphatic rings. The summed E-state index contributed by atoms with van der Waals surface area (Å²) >= 11 is 0. The number of hydrogen-bond donors (Lipinski definition) is 1. The zero-order valence-corrected chi connectivity index (χ0v) is 15.4. The van der Waals surface area contributed by atoms with Crippen LogP contribution in [0.3, 0.4) is 0 Å². The minimum atomic E-state index is -3.61. The van der Waals surface area contributed by atoms with E-state index >= 15 is 0 Å². The van der Waals surface area contributed by atoms with E-state index in [0.717, 1.165) is 27.9 Å². The van der Waals surface area contributed by atoms with Crippen molar-refractivity contribution < 1.29 is 13.5 Å². The fourth-order valence-electron chi connectivity index (χ4n) is 3.04. The lowest BCUT2D eigenvalue weighted by molar-refractivity contribution is -0.0308. The summed E-state index contributed by atoms with van der Waals surface area (Å²) in [6, 6.07) is 10.2. The molecule has 0 amide bonds. The molecule has 1 N–H and O–H groups in total. The van der Waals surface area contributed by atoms with E-state index in [1.807, 2.05) is 18.2 Å². The van der Waals surface area contributed by atoms with Crippen molar-refractivity contribution in [2.24, 2.45) is 0 Å². The molecular formula is C17H24N4O3S. The van der Waals surface area contributed by atoms with E-state index in [0.29, 0.717) is 18.5 Å². The first-order chi connectivity index (χ1) is 11.8. The number of hydrogen-bond acceptors (Lipinski definition) is 5. The number of piperidine rings is 1. The summed E-state index contributed by atoms with van der Waals surface area (Å²) in [7, 11) is -0.679. The molecule has 1 saturated heterocycles. The molecule has 0 bridgehead atoms. The highest BCUT2D eigenvalue weighted by molar-refractivity contribution is 7.87. The molecule has 25 heavy (non-hydrogen) atoms. The van der Waals surface area contributed by atoms with Crippen molar-refractivity contribution in [1.29, 1.82) is 0 Å². The topological polar surface area (TPSA) is 78.7 Å². The van der Waals surface area contributed by atoms with Crippen LogP contribution in [0.15, 0.2) is 42.9 Å². The van der Waals surface area contributed by atoms with Gasteiger partial charge in [-0.1, -0.05) is 30.3 Å². The minimum absolute atomic E-state index is 0.414. The van der Waals surface area contributed by atoms with E-state index < -0.39 is 15.8 Å². The van der Waals surface area contributed by atoms with Crippen molar-refractivity contribution in [3.8, 4) is 0 Å². The van der Waals surface area contributed by atoms with Gasteiger partial charge in [0.1, 0.15) is 11.9 Å². The van der Waals surface area contributed by atoms with Gasteiger partial charge < -0.3 is 5.11 Å². The maximum absolute atomic E-state index is 12.1. The van der Waals surface area contributed by atoms with Crippen molar-refractivity contribution in [3.63, 3.8) is 0 Å². The van der Waals surface area contributed by atoms with Crippen LogP contribution < -0.4 is 0 Å². The van der Waals surface area contributed by atoms with Crippen LogP contribution in [0.25, 0.3) is 0 Å². The van der Waals surface area contributed by atoms with Gasteiger partial charge >= 0.3 is 10.2 Å². The predicted molar refractivity (Wildman–Crippen MR) is 95.1 cm³/mol. The molecule has 8 heteroatoms. The third kappa shape index (κ3) is 3.77. The van der Waals surface area contributed by atoms with Crippen LogP contribution in [0.4, 0.5) is 0 Å². The van der Waals surface area contributed by atoms with E-state index in [-0.39, 0.29) is 0 Å². The first-order valence-electron chi connectivity index (χ1n) is 8.27. The van der Waals surface area contributed by atoms with Crippen LogP contribution in [-0.4, -0.2) is 58.9 Å². The van der Waals surface area contributed by atoms with E-state index in [1.54, 1.807) is 0 Å². The standard InChI is InChI=1S/C17H24N4O3S/c1-19(2)25(23,24)21-13-16(18-14-21)17(22)8-10-20(11-9-17)12-15-6-4-3-5-7-15/h3-7,13-14,22H,8-12H2,1-2H3. The van der Waals surface area contributed by atoms with E-state index in [1.165, 1.54) is 32.2 Å². The Morgan fingerprint density at radius 3 is 2.44 bits per heavy atom. The third-order valence-corrected chi connectivity index (χ3v) is 6.35. The fourth-order valence-corrected chi connectivity index (χ4v) is 3.82. The second kappa shape index (κ2) is 6.87. The van der Waals surface area contributed by atoms with Crippen LogP contribution in [0.2, 0.25) is 0 Å². The summed E-state index contributed by atoms with van der Waals surface area (Å²) in [5.74, 6) is 0. The average molecular weight is 364 g/mol. The van der Waals surface area contributed by atoms with Crippen molar-refractivity contribution in [2.45, 2.75) is 25.0 Å². The third-order valence-electron chi connectivity index (χ3n) is 4.70. The Morgan fingerprint density at radius 2 is 1.84 bits per heavy atom. The highest BCUT2D eigenvalue weighted by atomic mass is 32.2. The van der Waals surface area contributed by atoms with Crippen LogP contribution in [0.1, 0.15) is 24.1 Å². The van der Waals surface area contributed by atoms with E-state index in [2.05, 4.69) is 22.0 Å². The van der Waals surface area contributed by atoms with Crippen LogP contribution in [-0.2, 0) is 22.4 Å². The molecule has 1 aromatic heterocycles. The summed E-state index contributed by atoms with van der Waals surface area (Å²) in [6.07, 6.45) is 3.72. The maximum atomic E-state index is 12.1. The molecule has 136 valence electrons. The second-order valence-corrected chi connectivity index (χ2v) is 8.72. The van der Waals surface area contributed by atoms with Gasteiger partial charge in [0.15, 0.2) is 0 Å². The molecule has 0 unspecified atom stereocenters. The summed E-state index contributed by atoms with van der Waals surface area (Å²) < 4.78 is 26.5. The van der Waals surface area contributed by atoms with Crippen molar-refractivity contribution in [2.75, 3.05) is 27.2 Å². The zero-order valence-electron chi connectivity index (χ0n) is 14.5. The largest absolute Gasteiger partial charge is 0.383 e. The number of imidazole rings is 1. The van der Waals surface area contributed by atoms with Gasteiger partial charge in [-0.05, 0) is 18.4 Å². The van der Waals surface area contributed by atoms with Crippen molar-refractivity contribution in [3.05, 3.63) is 54.1 Å². The molecular weight excluding hydrogens is 340 g/mol. The molecule has 0 spiro atoms. The number of nitrogens with zero attached hydrogens (tertiary/aromatic N) is 4. The molecule has 7 nitrogen and oxygen atoms in total. The second-order valence-electron chi connectivity index (χ2n) is 6.67. The predicted octanol–water partition coefficient (Wildman–Crippen LogP) is 1.02. The lowest BCUT2D eigenvalue weighted by atomic mass is 9.88. The Bertz CT molecular complexity index is 809. The molecule has 1 aromatic carbocycles. The summed E-state index contributed by atoms with van der Waals surface area (Å²) in [6.45, 7) is 2.32. The number of likely N-dealkylation sites (tertiary alicyclic amines) is 1. The molecule has 1 fully saturated rings. The Morgan fingerprint density at radius 1 is 1.20 bits per heavy atom. The number of benzene rings is 1. The lowest BCUT2D eigenvalue weighted by Gasteiger charge is -2.37. The molecule has 1 aliphatic heterocycles. The van der Waals surface area contributed by atoms with Crippen LogP contribution >= 0.6 is 0 Å². The van der Waals surface area contributed by atoms with Gasteiger partial charge in [-0.2, -0.15) is 12.7 Å². The molecule has 0 aliphatic carbocycles. The van der Waals surface area contributed by atoms with E-state index in [4.69, 9.17) is 0 Å². The first-order valence-corrected chi connectivity index (χ1v) is 9.67. The Kier molecular flexibility index (Phi) is 4.97. The fraction of sp³-hybridized carbons (Fsp3) is 0.471. The summed E-state index contributed by atoms with van der Waals surface area (Å²) in [5.41, 5.74) is 0.576. The zero-order chi connectivity index (χ0) is 18.1. The van der Waals surface area contributed by atoms with Gasteiger partial charge in [-0.15, -0.1) is 0 Å². The SMILES string of the molecule is CN(C)S(=O)(=O)n1cnc(C2(O)CCN(Cc3ccccc3)CC2)c1. The smallest absolute Gasteiger partial charge is 0.308 e. The first kappa shape index (κ1) is 18.1. The van der Waals surface area contributed by atoms with Gasteiger partial charge in [0.2, 0.25) is 0 Å². The van der Waals surface area contributed by atoms with Gasteiger partial charge in [0.25, 0.3) is 0 Å². The van der Waals surface area contributed by atoms with Crippen LogP contribution in [0, 0.1) is 0 Å². The van der Waals surface area contributed by atoms with Gasteiger partial charge in [-0.25, -0.2) is 8.96 Å². The van der Waals surface area contributed by atoms with Crippen LogP contribution in [0.5, 0.6) is 0 Å². The molecule has 0 atom stereocenters. The molecule has 2 heterocycles. The highest BCUT2D eigenvalue weighted by Gasteiger charge is 2.36. The molecule has 2 aromatic rings. The van der Waals surface area contributed by atoms with Gasteiger partial charge in [0.05, 0.1) is 5.69 Å². The normalized spacial score (nSPS) is 18.6. The maximum Gasteiger partial charge on any atom is 0.308 e. The quantitative estimate of drug-likeness (QED) is 0.857.